The van der Waals surface area contributed by atoms with Crippen LogP contribution in [0, 0.1) is 11.3 Å². The molecule has 1 heterocycles. The smallest absolute Gasteiger partial charge is 0.277 e. The molecule has 22 heavy (non-hydrogen) atoms. The Hall–Kier alpha value is -2.32. The number of benzene rings is 2. The maximum Gasteiger partial charge on any atom is 0.277 e. The Morgan fingerprint density at radius 2 is 2.00 bits per heavy atom. The topological polar surface area (TPSA) is 62.7 Å². The predicted octanol–water partition coefficient (Wildman–Crippen LogP) is 4.67. The predicted molar refractivity (Wildman–Crippen MR) is 87.4 cm³/mol. The molecule has 110 valence electrons. The van der Waals surface area contributed by atoms with Gasteiger partial charge in [-0.1, -0.05) is 49.0 Å². The van der Waals surface area contributed by atoms with Crippen molar-refractivity contribution < 1.29 is 4.42 Å². The van der Waals surface area contributed by atoms with Gasteiger partial charge in [0.15, 0.2) is 0 Å². The van der Waals surface area contributed by atoms with Crippen molar-refractivity contribution >= 4 is 22.5 Å². The summed E-state index contributed by atoms with van der Waals surface area (Å²) >= 11 is 1.51. The second-order valence-corrected chi connectivity index (χ2v) is 6.45. The minimum Gasteiger partial charge on any atom is -0.411 e. The molecule has 2 aromatic carbocycles. The summed E-state index contributed by atoms with van der Waals surface area (Å²) in [4.78, 5) is 0. The lowest BCUT2D eigenvalue weighted by atomic mass is 10.1. The average Bonchev–Trinajstić information content (AvgIpc) is 3.01. The molecule has 0 amide bonds. The minimum atomic E-state index is 0.282. The van der Waals surface area contributed by atoms with Crippen molar-refractivity contribution in [1.29, 1.82) is 5.26 Å². The fourth-order valence-electron chi connectivity index (χ4n) is 2.20. The monoisotopic (exact) mass is 309 g/mol. The highest BCUT2D eigenvalue weighted by Gasteiger charge is 2.13. The third kappa shape index (κ3) is 3.29. The van der Waals surface area contributed by atoms with Gasteiger partial charge in [0.1, 0.15) is 0 Å². The van der Waals surface area contributed by atoms with Crippen molar-refractivity contribution in [3.63, 3.8) is 0 Å². The highest BCUT2D eigenvalue weighted by Crippen LogP contribution is 2.29. The minimum absolute atomic E-state index is 0.282. The van der Waals surface area contributed by atoms with E-state index in [1.165, 1.54) is 17.1 Å². The van der Waals surface area contributed by atoms with Gasteiger partial charge in [0.2, 0.25) is 5.89 Å². The average molecular weight is 309 g/mol. The molecule has 1 aromatic heterocycles. The molecule has 0 spiro atoms. The van der Waals surface area contributed by atoms with Gasteiger partial charge in [-0.15, -0.1) is 10.2 Å². The Labute approximate surface area is 133 Å². The van der Waals surface area contributed by atoms with E-state index in [0.717, 1.165) is 17.4 Å². The summed E-state index contributed by atoms with van der Waals surface area (Å²) in [6.07, 6.45) is 1.36. The fraction of sp³-hybridized carbons (Fsp3) is 0.235. The molecule has 5 heteroatoms. The number of aromatic nitrogens is 2. The van der Waals surface area contributed by atoms with E-state index in [1.54, 1.807) is 0 Å². The van der Waals surface area contributed by atoms with E-state index >= 15 is 0 Å². The van der Waals surface area contributed by atoms with E-state index in [-0.39, 0.29) is 5.25 Å². The van der Waals surface area contributed by atoms with Crippen LogP contribution in [-0.2, 0) is 0 Å². The zero-order chi connectivity index (χ0) is 15.4. The van der Waals surface area contributed by atoms with Gasteiger partial charge >= 0.3 is 0 Å². The summed E-state index contributed by atoms with van der Waals surface area (Å²) in [6, 6.07) is 16.4. The molecule has 3 aromatic rings. The second-order valence-electron chi connectivity index (χ2n) is 5.06. The Bertz CT molecular complexity index is 822. The third-order valence-electron chi connectivity index (χ3n) is 3.37. The van der Waals surface area contributed by atoms with Crippen LogP contribution < -0.4 is 0 Å². The van der Waals surface area contributed by atoms with Gasteiger partial charge in [-0.05, 0) is 29.3 Å². The van der Waals surface area contributed by atoms with Gasteiger partial charge in [-0.25, -0.2) is 0 Å². The maximum atomic E-state index is 8.61. The quantitative estimate of drug-likeness (QED) is 0.641. The van der Waals surface area contributed by atoms with Gasteiger partial charge in [-0.3, -0.25) is 0 Å². The van der Waals surface area contributed by atoms with Crippen LogP contribution in [0.1, 0.15) is 19.8 Å². The lowest BCUT2D eigenvalue weighted by molar-refractivity contribution is 0.464. The van der Waals surface area contributed by atoms with E-state index < -0.39 is 0 Å². The molecule has 0 fully saturated rings. The zero-order valence-electron chi connectivity index (χ0n) is 12.2. The lowest BCUT2D eigenvalue weighted by Crippen LogP contribution is -1.94. The van der Waals surface area contributed by atoms with Crippen LogP contribution >= 0.6 is 11.8 Å². The van der Waals surface area contributed by atoms with Gasteiger partial charge < -0.3 is 4.42 Å². The summed E-state index contributed by atoms with van der Waals surface area (Å²) in [5, 5.41) is 20.0. The van der Waals surface area contributed by atoms with Crippen molar-refractivity contribution in [3.05, 3.63) is 42.5 Å². The van der Waals surface area contributed by atoms with Crippen molar-refractivity contribution in [2.45, 2.75) is 30.2 Å². The number of rotatable bonds is 5. The molecule has 1 unspecified atom stereocenters. The second kappa shape index (κ2) is 6.63. The van der Waals surface area contributed by atoms with Crippen LogP contribution in [0.4, 0.5) is 0 Å². The van der Waals surface area contributed by atoms with Crippen LogP contribution in [0.2, 0.25) is 0 Å². The fourth-order valence-corrected chi connectivity index (χ4v) is 2.99. The van der Waals surface area contributed by atoms with Crippen molar-refractivity contribution in [1.82, 2.24) is 10.2 Å². The van der Waals surface area contributed by atoms with Gasteiger partial charge in [0.25, 0.3) is 5.22 Å². The van der Waals surface area contributed by atoms with Crippen molar-refractivity contribution in [3.8, 4) is 17.5 Å². The summed E-state index contributed by atoms with van der Waals surface area (Å²) in [5.41, 5.74) is 0.919. The van der Waals surface area contributed by atoms with Crippen LogP contribution in [0.3, 0.4) is 0 Å². The number of fused-ring (bicyclic) bond motifs is 1. The largest absolute Gasteiger partial charge is 0.411 e. The number of hydrogen-bond donors (Lipinski definition) is 0. The molecule has 3 rings (SSSR count). The molecule has 0 aliphatic carbocycles. The normalized spacial score (nSPS) is 12.2. The third-order valence-corrected chi connectivity index (χ3v) is 4.37. The van der Waals surface area contributed by atoms with Crippen LogP contribution in [0.25, 0.3) is 22.2 Å². The molecule has 0 N–H and O–H groups in total. The number of thioether (sulfide) groups is 1. The highest BCUT2D eigenvalue weighted by atomic mass is 32.2. The molecule has 0 bridgehead atoms. The first-order valence-corrected chi connectivity index (χ1v) is 8.00. The number of nitriles is 1. The van der Waals surface area contributed by atoms with Crippen LogP contribution in [0.15, 0.2) is 52.1 Å². The number of hydrogen-bond acceptors (Lipinski definition) is 5. The highest BCUT2D eigenvalue weighted by molar-refractivity contribution is 7.99. The Morgan fingerprint density at radius 1 is 1.18 bits per heavy atom. The molecular formula is C17H15N3OS. The summed E-state index contributed by atoms with van der Waals surface area (Å²) in [6.45, 7) is 2.06. The summed E-state index contributed by atoms with van der Waals surface area (Å²) in [7, 11) is 0. The number of nitrogens with zero attached hydrogens (tertiary/aromatic N) is 3. The van der Waals surface area contributed by atoms with Crippen molar-refractivity contribution in [2.24, 2.45) is 0 Å². The Morgan fingerprint density at radius 3 is 2.82 bits per heavy atom. The molecular weight excluding hydrogens is 294 g/mol. The van der Waals surface area contributed by atoms with E-state index in [2.05, 4.69) is 47.5 Å². The molecule has 0 aliphatic rings. The van der Waals surface area contributed by atoms with Gasteiger partial charge in [0, 0.05) is 17.2 Å². The first-order valence-electron chi connectivity index (χ1n) is 7.12. The standard InChI is InChI=1S/C17H15N3OS/c1-12(5-4-10-18)22-17-20-19-16(21-17)15-9-8-13-6-2-3-7-14(13)11-15/h2-3,6-9,11-12H,4-5H2,1H3. The van der Waals surface area contributed by atoms with E-state index in [0.29, 0.717) is 17.5 Å². The van der Waals surface area contributed by atoms with Crippen LogP contribution in [-0.4, -0.2) is 15.4 Å². The molecule has 0 saturated heterocycles. The first-order chi connectivity index (χ1) is 10.8. The molecule has 0 saturated carbocycles. The lowest BCUT2D eigenvalue weighted by Gasteiger charge is -2.03. The summed E-state index contributed by atoms with van der Waals surface area (Å²) < 4.78 is 5.73. The van der Waals surface area contributed by atoms with E-state index in [9.17, 15) is 0 Å². The SMILES string of the molecule is CC(CCC#N)Sc1nnc(-c2ccc3ccccc3c2)o1. The zero-order valence-corrected chi connectivity index (χ0v) is 13.0. The van der Waals surface area contributed by atoms with Crippen molar-refractivity contribution in [2.75, 3.05) is 0 Å². The molecule has 0 radical (unpaired) electrons. The Kier molecular flexibility index (Phi) is 4.40. The van der Waals surface area contributed by atoms with E-state index in [1.807, 2.05) is 18.2 Å². The first kappa shape index (κ1) is 14.6. The van der Waals surface area contributed by atoms with Crippen LogP contribution in [0.5, 0.6) is 0 Å². The van der Waals surface area contributed by atoms with Gasteiger partial charge in [0.05, 0.1) is 6.07 Å². The molecule has 0 aliphatic heterocycles. The Balaban J connectivity index is 1.78. The summed E-state index contributed by atoms with van der Waals surface area (Å²) in [5.74, 6) is 0.528. The molecule has 1 atom stereocenters. The van der Waals surface area contributed by atoms with E-state index in [4.69, 9.17) is 9.68 Å². The maximum absolute atomic E-state index is 8.61. The molecule has 4 nitrogen and oxygen atoms in total. The van der Waals surface area contributed by atoms with Gasteiger partial charge in [-0.2, -0.15) is 5.26 Å².